The first kappa shape index (κ1) is 6.33. The van der Waals surface area contributed by atoms with Gasteiger partial charge in [0, 0.05) is 25.0 Å². The van der Waals surface area contributed by atoms with Crippen molar-refractivity contribution in [2.75, 3.05) is 0 Å². The minimum absolute atomic E-state index is 0.354. The number of alkyl halides is 1. The Morgan fingerprint density at radius 1 is 1.56 bits per heavy atom. The van der Waals surface area contributed by atoms with E-state index in [2.05, 4.69) is 0 Å². The van der Waals surface area contributed by atoms with Crippen molar-refractivity contribution in [3.63, 3.8) is 0 Å². The highest BCUT2D eigenvalue weighted by Crippen LogP contribution is 2.08. The molecule has 0 atom stereocenters. The Labute approximate surface area is 54.1 Å². The number of hydrogen-bond donors (Lipinski definition) is 0. The molecule has 0 bridgehead atoms. The van der Waals surface area contributed by atoms with E-state index in [9.17, 15) is 4.39 Å². The number of nitrogens with zero attached hydrogens (tertiary/aromatic N) is 1. The summed E-state index contributed by atoms with van der Waals surface area (Å²) in [4.78, 5) is 0. The van der Waals surface area contributed by atoms with Gasteiger partial charge in [-0.05, 0) is 12.5 Å². The van der Waals surface area contributed by atoms with Gasteiger partial charge < -0.3 is 4.57 Å². The minimum atomic E-state index is -0.354. The summed E-state index contributed by atoms with van der Waals surface area (Å²) in [5.41, 5.74) is 1.82. The Morgan fingerprint density at radius 3 is 2.44 bits per heavy atom. The predicted molar refractivity (Wildman–Crippen MR) is 35.0 cm³/mol. The molecule has 1 nitrogen and oxygen atoms in total. The van der Waals surface area contributed by atoms with E-state index in [4.69, 9.17) is 0 Å². The Kier molecular flexibility index (Phi) is 1.56. The molecule has 0 aliphatic rings. The van der Waals surface area contributed by atoms with Crippen LogP contribution in [0.1, 0.15) is 11.1 Å². The molecule has 0 saturated carbocycles. The van der Waals surface area contributed by atoms with E-state index in [0.717, 1.165) is 11.1 Å². The molecule has 0 spiro atoms. The first-order chi connectivity index (χ1) is 4.24. The van der Waals surface area contributed by atoms with Gasteiger partial charge in [0.25, 0.3) is 0 Å². The summed E-state index contributed by atoms with van der Waals surface area (Å²) in [6.07, 6.45) is 3.71. The van der Waals surface area contributed by atoms with Crippen LogP contribution in [0.2, 0.25) is 0 Å². The molecule has 2 heteroatoms. The third-order valence-corrected chi connectivity index (χ3v) is 1.41. The molecule has 0 aliphatic heterocycles. The van der Waals surface area contributed by atoms with E-state index in [1.165, 1.54) is 0 Å². The molecule has 50 valence electrons. The quantitative estimate of drug-likeness (QED) is 0.542. The van der Waals surface area contributed by atoms with E-state index in [1.54, 1.807) is 6.20 Å². The van der Waals surface area contributed by atoms with Crippen molar-refractivity contribution in [3.05, 3.63) is 23.5 Å². The van der Waals surface area contributed by atoms with Crippen molar-refractivity contribution < 1.29 is 4.39 Å². The average Bonchev–Trinajstić information content (AvgIpc) is 2.10. The second kappa shape index (κ2) is 2.21. The van der Waals surface area contributed by atoms with Crippen LogP contribution in [0.3, 0.4) is 0 Å². The van der Waals surface area contributed by atoms with Crippen LogP contribution in [-0.4, -0.2) is 4.57 Å². The number of halogens is 1. The van der Waals surface area contributed by atoms with Gasteiger partial charge in [0.1, 0.15) is 6.67 Å². The molecule has 1 aromatic rings. The van der Waals surface area contributed by atoms with E-state index in [-0.39, 0.29) is 6.67 Å². The van der Waals surface area contributed by atoms with Crippen molar-refractivity contribution in [1.29, 1.82) is 0 Å². The van der Waals surface area contributed by atoms with Crippen molar-refractivity contribution in [1.82, 2.24) is 4.57 Å². The minimum Gasteiger partial charge on any atom is -0.357 e. The Bertz CT molecular complexity index is 203. The zero-order valence-corrected chi connectivity index (χ0v) is 5.69. The molecule has 0 aliphatic carbocycles. The third-order valence-electron chi connectivity index (χ3n) is 1.41. The molecule has 0 aromatic carbocycles. The van der Waals surface area contributed by atoms with Gasteiger partial charge >= 0.3 is 0 Å². The maximum absolute atomic E-state index is 12.0. The lowest BCUT2D eigenvalue weighted by molar-refractivity contribution is 0.483. The lowest BCUT2D eigenvalue weighted by Gasteiger charge is -1.85. The van der Waals surface area contributed by atoms with Gasteiger partial charge in [-0.3, -0.25) is 0 Å². The number of hydrogen-bond acceptors (Lipinski definition) is 0. The van der Waals surface area contributed by atoms with Crippen LogP contribution < -0.4 is 0 Å². The van der Waals surface area contributed by atoms with Gasteiger partial charge in [0.05, 0.1) is 0 Å². The van der Waals surface area contributed by atoms with Crippen LogP contribution in [0.15, 0.2) is 12.4 Å². The molecule has 0 saturated heterocycles. The normalized spacial score (nSPS) is 10.1. The number of aryl methyl sites for hydroxylation is 2. The molecule has 0 unspecified atom stereocenters. The summed E-state index contributed by atoms with van der Waals surface area (Å²) in [6.45, 7) is 1.56. The van der Waals surface area contributed by atoms with Crippen molar-refractivity contribution in [2.45, 2.75) is 13.6 Å². The van der Waals surface area contributed by atoms with Crippen LogP contribution in [0.25, 0.3) is 0 Å². The fourth-order valence-electron chi connectivity index (χ4n) is 0.913. The van der Waals surface area contributed by atoms with Crippen LogP contribution in [0.5, 0.6) is 0 Å². The number of rotatable bonds is 1. The van der Waals surface area contributed by atoms with E-state index < -0.39 is 0 Å². The molecule has 0 radical (unpaired) electrons. The molecule has 9 heavy (non-hydrogen) atoms. The maximum Gasteiger partial charge on any atom is 0.116 e. The van der Waals surface area contributed by atoms with Gasteiger partial charge in [-0.25, -0.2) is 4.39 Å². The van der Waals surface area contributed by atoms with Crippen molar-refractivity contribution in [3.8, 4) is 0 Å². The summed E-state index contributed by atoms with van der Waals surface area (Å²) in [5, 5.41) is 0. The second-order valence-corrected chi connectivity index (χ2v) is 2.27. The summed E-state index contributed by atoms with van der Waals surface area (Å²) in [7, 11) is 1.90. The zero-order chi connectivity index (χ0) is 6.85. The van der Waals surface area contributed by atoms with Gasteiger partial charge in [-0.2, -0.15) is 0 Å². The fourth-order valence-corrected chi connectivity index (χ4v) is 0.913. The van der Waals surface area contributed by atoms with Gasteiger partial charge in [0.2, 0.25) is 0 Å². The van der Waals surface area contributed by atoms with Crippen LogP contribution in [0.4, 0.5) is 4.39 Å². The predicted octanol–water partition coefficient (Wildman–Crippen LogP) is 1.80. The van der Waals surface area contributed by atoms with Crippen LogP contribution in [0, 0.1) is 6.92 Å². The van der Waals surface area contributed by atoms with E-state index in [1.807, 2.05) is 24.7 Å². The topological polar surface area (TPSA) is 4.93 Å². The van der Waals surface area contributed by atoms with Crippen LogP contribution >= 0.6 is 0 Å². The lowest BCUT2D eigenvalue weighted by atomic mass is 10.2. The highest BCUT2D eigenvalue weighted by Gasteiger charge is 1.97. The molecule has 1 aromatic heterocycles. The standard InChI is InChI=1S/C7H10FN/c1-6-4-9(2)5-7(6)3-8/h4-5H,3H2,1-2H3. The van der Waals surface area contributed by atoms with E-state index >= 15 is 0 Å². The third kappa shape index (κ3) is 1.12. The van der Waals surface area contributed by atoms with Gasteiger partial charge in [-0.15, -0.1) is 0 Å². The summed E-state index contributed by atoms with van der Waals surface area (Å²) in [6, 6.07) is 0. The highest BCUT2D eigenvalue weighted by atomic mass is 19.1. The fraction of sp³-hybridized carbons (Fsp3) is 0.429. The summed E-state index contributed by atoms with van der Waals surface area (Å²) < 4.78 is 13.9. The smallest absolute Gasteiger partial charge is 0.116 e. The largest absolute Gasteiger partial charge is 0.357 e. The first-order valence-electron chi connectivity index (χ1n) is 2.91. The molecule has 1 rings (SSSR count). The summed E-state index contributed by atoms with van der Waals surface area (Å²) >= 11 is 0. The molecule has 0 fully saturated rings. The average molecular weight is 127 g/mol. The monoisotopic (exact) mass is 127 g/mol. The zero-order valence-electron chi connectivity index (χ0n) is 5.69. The number of aromatic nitrogens is 1. The second-order valence-electron chi connectivity index (χ2n) is 2.27. The SMILES string of the molecule is Cc1cn(C)cc1CF. The summed E-state index contributed by atoms with van der Waals surface area (Å²) in [5.74, 6) is 0. The first-order valence-corrected chi connectivity index (χ1v) is 2.91. The molecule has 0 N–H and O–H groups in total. The Balaban J connectivity index is 3.01. The van der Waals surface area contributed by atoms with Crippen LogP contribution in [-0.2, 0) is 13.7 Å². The van der Waals surface area contributed by atoms with E-state index in [0.29, 0.717) is 0 Å². The van der Waals surface area contributed by atoms with Gasteiger partial charge in [0.15, 0.2) is 0 Å². The molecule has 1 heterocycles. The Hall–Kier alpha value is -0.790. The maximum atomic E-state index is 12.0. The lowest BCUT2D eigenvalue weighted by Crippen LogP contribution is -1.78. The Morgan fingerprint density at radius 2 is 2.22 bits per heavy atom. The molecule has 0 amide bonds. The van der Waals surface area contributed by atoms with Gasteiger partial charge in [-0.1, -0.05) is 0 Å². The van der Waals surface area contributed by atoms with Crippen molar-refractivity contribution in [2.24, 2.45) is 7.05 Å². The molecular weight excluding hydrogens is 117 g/mol. The highest BCUT2D eigenvalue weighted by molar-refractivity contribution is 5.21. The van der Waals surface area contributed by atoms with Crippen molar-refractivity contribution >= 4 is 0 Å². The molecular formula is C7H10FN.